The van der Waals surface area contributed by atoms with Crippen LogP contribution >= 0.6 is 0 Å². The van der Waals surface area contributed by atoms with Gasteiger partial charge in [-0.3, -0.25) is 4.79 Å². The van der Waals surface area contributed by atoms with Crippen molar-refractivity contribution in [3.8, 4) is 0 Å². The summed E-state index contributed by atoms with van der Waals surface area (Å²) in [7, 11) is 0. The Kier molecular flexibility index (Phi) is 6.52. The van der Waals surface area contributed by atoms with Gasteiger partial charge in [-0.15, -0.1) is 0 Å². The molecule has 202 valence electrons. The summed E-state index contributed by atoms with van der Waals surface area (Å²) in [5.74, 6) is 0.870. The Morgan fingerprint density at radius 2 is 1.47 bits per heavy atom. The molecule has 1 aromatic heterocycles. The molecule has 5 aliphatic carbocycles. The number of aromatic carboxylic acids is 2. The number of H-pyrrole nitrogens is 1. The van der Waals surface area contributed by atoms with Gasteiger partial charge in [-0.2, -0.15) is 0 Å². The monoisotopic (exact) mass is 519 g/mol. The van der Waals surface area contributed by atoms with Gasteiger partial charge in [0.1, 0.15) is 11.5 Å². The summed E-state index contributed by atoms with van der Waals surface area (Å²) in [6, 6.07) is 3.67. The Bertz CT molecular complexity index is 1190. The van der Waals surface area contributed by atoms with Crippen molar-refractivity contribution < 1.29 is 24.6 Å². The Balaban J connectivity index is 1.26. The summed E-state index contributed by atoms with van der Waals surface area (Å²) in [5.41, 5.74) is 1.35. The predicted molar refractivity (Wildman–Crippen MR) is 142 cm³/mol. The summed E-state index contributed by atoms with van der Waals surface area (Å²) in [4.78, 5) is 45.0. The number of carboxylic acid groups (broad SMARTS) is 2. The van der Waals surface area contributed by atoms with E-state index in [4.69, 9.17) is 4.98 Å². The van der Waals surface area contributed by atoms with Crippen molar-refractivity contribution in [3.05, 3.63) is 46.5 Å². The average molecular weight is 520 g/mol. The third kappa shape index (κ3) is 4.97. The lowest BCUT2D eigenvalue weighted by Crippen LogP contribution is -2.46. The first kappa shape index (κ1) is 25.1. The first-order valence-electron chi connectivity index (χ1n) is 14.3. The van der Waals surface area contributed by atoms with E-state index in [2.05, 4.69) is 10.3 Å². The van der Waals surface area contributed by atoms with Gasteiger partial charge in [-0.25, -0.2) is 14.6 Å². The lowest BCUT2D eigenvalue weighted by atomic mass is 9.48. The molecule has 5 saturated carbocycles. The summed E-state index contributed by atoms with van der Waals surface area (Å²) in [6.07, 6.45) is 15.6. The van der Waals surface area contributed by atoms with Crippen LogP contribution in [0.5, 0.6) is 0 Å². The zero-order chi connectivity index (χ0) is 26.4. The number of carbonyl (C=O) groups is 3. The number of nitrogens with zero attached hydrogens (tertiary/aromatic N) is 1. The molecule has 4 bridgehead atoms. The molecule has 5 fully saturated rings. The van der Waals surface area contributed by atoms with Crippen LogP contribution < -0.4 is 5.32 Å². The number of imidazole rings is 1. The highest BCUT2D eigenvalue weighted by Crippen LogP contribution is 2.61. The van der Waals surface area contributed by atoms with Crippen LogP contribution in [0.25, 0.3) is 0 Å². The molecule has 0 radical (unpaired) electrons. The maximum absolute atomic E-state index is 13.5. The number of nitrogens with one attached hydrogen (secondary N) is 2. The average Bonchev–Trinajstić information content (AvgIpc) is 3.32. The maximum Gasteiger partial charge on any atom is 0.335 e. The first-order valence-corrected chi connectivity index (χ1v) is 14.3. The minimum atomic E-state index is -1.25. The van der Waals surface area contributed by atoms with Crippen LogP contribution in [0.1, 0.15) is 126 Å². The van der Waals surface area contributed by atoms with Gasteiger partial charge >= 0.3 is 11.9 Å². The van der Waals surface area contributed by atoms with Gasteiger partial charge in [0.25, 0.3) is 5.91 Å². The molecule has 4 N–H and O–H groups in total. The highest BCUT2D eigenvalue weighted by molar-refractivity contribution is 6.05. The van der Waals surface area contributed by atoms with Crippen molar-refractivity contribution in [1.29, 1.82) is 0 Å². The van der Waals surface area contributed by atoms with Crippen molar-refractivity contribution in [2.75, 3.05) is 5.32 Å². The van der Waals surface area contributed by atoms with Crippen LogP contribution in [-0.2, 0) is 6.42 Å². The zero-order valence-electron chi connectivity index (χ0n) is 21.8. The second-order valence-electron chi connectivity index (χ2n) is 12.6. The molecular weight excluding hydrogens is 482 g/mol. The third-order valence-corrected chi connectivity index (χ3v) is 9.76. The van der Waals surface area contributed by atoms with Crippen molar-refractivity contribution in [3.63, 3.8) is 0 Å². The molecule has 8 heteroatoms. The number of anilines is 1. The molecule has 38 heavy (non-hydrogen) atoms. The van der Waals surface area contributed by atoms with E-state index in [1.165, 1.54) is 57.1 Å². The third-order valence-electron chi connectivity index (χ3n) is 9.76. The van der Waals surface area contributed by atoms with E-state index in [1.54, 1.807) is 0 Å². The molecule has 7 rings (SSSR count). The molecule has 2 aromatic rings. The second kappa shape index (κ2) is 9.86. The van der Waals surface area contributed by atoms with Gasteiger partial charge in [0.15, 0.2) is 0 Å². The van der Waals surface area contributed by atoms with Crippen molar-refractivity contribution in [2.24, 2.45) is 23.2 Å². The molecular formula is C30H37N3O5. The minimum Gasteiger partial charge on any atom is -0.478 e. The SMILES string of the molecule is O=C(O)c1cc(NC(=O)c2nc(C3CCCCC3)[nH]c2CCC23CC4CC(CC(C4)C2)C3)cc(C(=O)O)c1. The number of carboxylic acids is 2. The van der Waals surface area contributed by atoms with Crippen LogP contribution in [0.4, 0.5) is 5.69 Å². The summed E-state index contributed by atoms with van der Waals surface area (Å²) >= 11 is 0. The fourth-order valence-electron chi connectivity index (χ4n) is 8.49. The van der Waals surface area contributed by atoms with Gasteiger partial charge < -0.3 is 20.5 Å². The molecule has 5 aliphatic rings. The largest absolute Gasteiger partial charge is 0.478 e. The van der Waals surface area contributed by atoms with E-state index < -0.39 is 17.8 Å². The molecule has 0 aliphatic heterocycles. The minimum absolute atomic E-state index is 0.140. The number of benzene rings is 1. The number of aromatic nitrogens is 2. The van der Waals surface area contributed by atoms with Gasteiger partial charge in [-0.1, -0.05) is 19.3 Å². The van der Waals surface area contributed by atoms with Gasteiger partial charge in [0, 0.05) is 17.3 Å². The highest BCUT2D eigenvalue weighted by Gasteiger charge is 2.50. The Morgan fingerprint density at radius 3 is 2.03 bits per heavy atom. The number of hydrogen-bond donors (Lipinski definition) is 4. The number of hydrogen-bond acceptors (Lipinski definition) is 4. The lowest BCUT2D eigenvalue weighted by molar-refractivity contribution is -0.0570. The van der Waals surface area contributed by atoms with Crippen LogP contribution in [0.15, 0.2) is 18.2 Å². The number of amides is 1. The van der Waals surface area contributed by atoms with Gasteiger partial charge in [0.2, 0.25) is 0 Å². The van der Waals surface area contributed by atoms with Crippen LogP contribution in [-0.4, -0.2) is 38.0 Å². The molecule has 8 nitrogen and oxygen atoms in total. The standard InChI is InChI=1S/C30H37N3O5/c34-27(31-23-12-21(28(35)36)11-22(13-23)29(37)38)25-24(32-26(33-25)20-4-2-1-3-5-20)6-7-30-14-17-8-18(15-30)10-19(9-17)16-30/h11-13,17-20H,1-10,14-16H2,(H,31,34)(H,32,33)(H,35,36)(H,37,38). The first-order chi connectivity index (χ1) is 18.3. The molecule has 0 saturated heterocycles. The normalized spacial score (nSPS) is 28.4. The van der Waals surface area contributed by atoms with Crippen LogP contribution in [0.3, 0.4) is 0 Å². The predicted octanol–water partition coefficient (Wildman–Crippen LogP) is 6.26. The number of rotatable bonds is 8. The van der Waals surface area contributed by atoms with Crippen LogP contribution in [0, 0.1) is 23.2 Å². The molecule has 0 spiro atoms. The highest BCUT2D eigenvalue weighted by atomic mass is 16.4. The van der Waals surface area contributed by atoms with Crippen molar-refractivity contribution in [1.82, 2.24) is 9.97 Å². The van der Waals surface area contributed by atoms with E-state index in [9.17, 15) is 24.6 Å². The maximum atomic E-state index is 13.5. The molecule has 1 heterocycles. The number of aromatic amines is 1. The number of carbonyl (C=O) groups excluding carboxylic acids is 1. The Hall–Kier alpha value is -3.16. The van der Waals surface area contributed by atoms with Crippen molar-refractivity contribution >= 4 is 23.5 Å². The van der Waals surface area contributed by atoms with Gasteiger partial charge in [-0.05, 0) is 106 Å². The molecule has 1 aromatic carbocycles. The summed E-state index contributed by atoms with van der Waals surface area (Å²) in [6.45, 7) is 0. The van der Waals surface area contributed by atoms with E-state index in [1.807, 2.05) is 0 Å². The smallest absolute Gasteiger partial charge is 0.335 e. The zero-order valence-corrected chi connectivity index (χ0v) is 21.8. The van der Waals surface area contributed by atoms with E-state index >= 15 is 0 Å². The molecule has 1 amide bonds. The molecule has 0 atom stereocenters. The van der Waals surface area contributed by atoms with Crippen molar-refractivity contribution in [2.45, 2.75) is 89.4 Å². The van der Waals surface area contributed by atoms with E-state index in [0.717, 1.165) is 73.9 Å². The second-order valence-corrected chi connectivity index (χ2v) is 12.6. The Labute approximate surface area is 222 Å². The summed E-state index contributed by atoms with van der Waals surface area (Å²) in [5, 5.41) is 21.6. The lowest BCUT2D eigenvalue weighted by Gasteiger charge is -2.57. The quantitative estimate of drug-likeness (QED) is 0.326. The summed E-state index contributed by atoms with van der Waals surface area (Å²) < 4.78 is 0. The van der Waals surface area contributed by atoms with Crippen LogP contribution in [0.2, 0.25) is 0 Å². The van der Waals surface area contributed by atoms with E-state index in [-0.39, 0.29) is 16.8 Å². The number of aryl methyl sites for hydroxylation is 1. The van der Waals surface area contributed by atoms with Gasteiger partial charge in [0.05, 0.1) is 11.1 Å². The molecule has 0 unspecified atom stereocenters. The fourth-order valence-corrected chi connectivity index (χ4v) is 8.49. The Morgan fingerprint density at radius 1 is 0.895 bits per heavy atom. The van der Waals surface area contributed by atoms with E-state index in [0.29, 0.717) is 17.0 Å². The topological polar surface area (TPSA) is 132 Å². The fraction of sp³-hybridized carbons (Fsp3) is 0.600.